The van der Waals surface area contributed by atoms with Gasteiger partial charge in [-0.05, 0) is 42.5 Å². The first-order valence-corrected chi connectivity index (χ1v) is 10.5. The second-order valence-electron chi connectivity index (χ2n) is 6.30. The highest BCUT2D eigenvalue weighted by Gasteiger charge is 2.33. The third kappa shape index (κ3) is 3.91. The summed E-state index contributed by atoms with van der Waals surface area (Å²) in [6, 6.07) is 22.9. The van der Waals surface area contributed by atoms with Crippen molar-refractivity contribution in [2.45, 2.75) is 0 Å². The highest BCUT2D eigenvalue weighted by atomic mass is 79.9. The highest BCUT2D eigenvalue weighted by molar-refractivity contribution is 9.10. The van der Waals surface area contributed by atoms with Crippen molar-refractivity contribution >= 4 is 55.4 Å². The van der Waals surface area contributed by atoms with Crippen LogP contribution >= 0.6 is 31.9 Å². The molecule has 1 amide bonds. The summed E-state index contributed by atoms with van der Waals surface area (Å²) in [6.07, 6.45) is 1.76. The second-order valence-corrected chi connectivity index (χ2v) is 8.07. The van der Waals surface area contributed by atoms with Gasteiger partial charge in [-0.3, -0.25) is 9.69 Å². The summed E-state index contributed by atoms with van der Waals surface area (Å²) in [7, 11) is 1.61. The number of benzene rings is 3. The number of aliphatic imine (C=N–C) groups is 1. The molecule has 0 bridgehead atoms. The number of anilines is 1. The van der Waals surface area contributed by atoms with Gasteiger partial charge >= 0.3 is 0 Å². The van der Waals surface area contributed by atoms with Crippen LogP contribution in [0.25, 0.3) is 6.08 Å². The van der Waals surface area contributed by atoms with Gasteiger partial charge in [0.05, 0.1) is 12.8 Å². The fourth-order valence-corrected chi connectivity index (χ4v) is 3.83. The lowest BCUT2D eigenvalue weighted by Gasteiger charge is -2.19. The van der Waals surface area contributed by atoms with Crippen LogP contribution in [-0.4, -0.2) is 18.9 Å². The van der Waals surface area contributed by atoms with Gasteiger partial charge < -0.3 is 4.74 Å². The Hall–Kier alpha value is -2.70. The Balaban J connectivity index is 1.86. The molecule has 0 saturated heterocycles. The van der Waals surface area contributed by atoms with Crippen LogP contribution in [0.4, 0.5) is 5.69 Å². The van der Waals surface area contributed by atoms with Gasteiger partial charge in [0.25, 0.3) is 5.91 Å². The molecule has 6 heteroatoms. The maximum absolute atomic E-state index is 13.4. The lowest BCUT2D eigenvalue weighted by atomic mass is 10.1. The molecule has 144 valence electrons. The molecule has 1 aliphatic heterocycles. The normalized spacial score (nSPS) is 15.0. The molecule has 3 aromatic carbocycles. The van der Waals surface area contributed by atoms with Gasteiger partial charge in [0.2, 0.25) is 0 Å². The van der Waals surface area contributed by atoms with E-state index in [1.54, 1.807) is 18.1 Å². The first kappa shape index (κ1) is 19.6. The smallest absolute Gasteiger partial charge is 0.282 e. The number of carbonyl (C=O) groups excluding carboxylic acids is 1. The number of halogens is 2. The molecular weight excluding hydrogens is 496 g/mol. The van der Waals surface area contributed by atoms with Crippen molar-refractivity contribution in [1.29, 1.82) is 0 Å². The zero-order chi connectivity index (χ0) is 20.4. The largest absolute Gasteiger partial charge is 0.496 e. The van der Waals surface area contributed by atoms with Crippen LogP contribution in [0.3, 0.4) is 0 Å². The van der Waals surface area contributed by atoms with Crippen LogP contribution in [0.2, 0.25) is 0 Å². The summed E-state index contributed by atoms with van der Waals surface area (Å²) in [6.45, 7) is 0. The molecule has 0 aliphatic carbocycles. The molecule has 4 nitrogen and oxygen atoms in total. The van der Waals surface area contributed by atoms with Gasteiger partial charge in [0, 0.05) is 20.1 Å². The van der Waals surface area contributed by atoms with Crippen LogP contribution in [-0.2, 0) is 4.79 Å². The van der Waals surface area contributed by atoms with E-state index in [-0.39, 0.29) is 5.91 Å². The van der Waals surface area contributed by atoms with Gasteiger partial charge in [-0.1, -0.05) is 68.3 Å². The molecule has 4 rings (SSSR count). The molecular formula is C23H16Br2N2O2. The van der Waals surface area contributed by atoms with E-state index in [2.05, 4.69) is 31.9 Å². The number of ether oxygens (including phenoxy) is 1. The summed E-state index contributed by atoms with van der Waals surface area (Å²) in [5.41, 5.74) is 2.73. The third-order valence-corrected chi connectivity index (χ3v) is 5.71. The van der Waals surface area contributed by atoms with Gasteiger partial charge in [-0.25, -0.2) is 4.99 Å². The molecule has 0 aromatic heterocycles. The number of para-hydroxylation sites is 1. The molecule has 0 atom stereocenters. The maximum atomic E-state index is 13.4. The number of hydrogen-bond acceptors (Lipinski definition) is 3. The molecule has 0 N–H and O–H groups in total. The number of carbonyl (C=O) groups is 1. The van der Waals surface area contributed by atoms with Crippen LogP contribution in [0.1, 0.15) is 11.1 Å². The Labute approximate surface area is 185 Å². The Morgan fingerprint density at radius 1 is 0.931 bits per heavy atom. The van der Waals surface area contributed by atoms with Gasteiger partial charge in [0.15, 0.2) is 0 Å². The van der Waals surface area contributed by atoms with E-state index in [1.807, 2.05) is 72.8 Å². The Morgan fingerprint density at radius 3 is 2.34 bits per heavy atom. The Morgan fingerprint density at radius 2 is 1.62 bits per heavy atom. The number of methoxy groups -OCH3 is 1. The molecule has 3 aromatic rings. The Bertz CT molecular complexity index is 1140. The quantitative estimate of drug-likeness (QED) is 0.400. The minimum atomic E-state index is -0.191. The average molecular weight is 512 g/mol. The second kappa shape index (κ2) is 8.35. The van der Waals surface area contributed by atoms with E-state index < -0.39 is 0 Å². The van der Waals surface area contributed by atoms with Crippen molar-refractivity contribution in [3.63, 3.8) is 0 Å². The number of hydrogen-bond donors (Lipinski definition) is 0. The fraction of sp³-hybridized carbons (Fsp3) is 0.0435. The van der Waals surface area contributed by atoms with Crippen molar-refractivity contribution < 1.29 is 9.53 Å². The molecule has 1 heterocycles. The topological polar surface area (TPSA) is 41.9 Å². The van der Waals surface area contributed by atoms with Crippen molar-refractivity contribution in [2.24, 2.45) is 4.99 Å². The summed E-state index contributed by atoms with van der Waals surface area (Å²) >= 11 is 7.03. The number of nitrogens with zero attached hydrogens (tertiary/aromatic N) is 2. The third-order valence-electron chi connectivity index (χ3n) is 4.49. The molecule has 0 radical (unpaired) electrons. The summed E-state index contributed by atoms with van der Waals surface area (Å²) in [5.74, 6) is 1.07. The molecule has 0 saturated carbocycles. The van der Waals surface area contributed by atoms with E-state index in [9.17, 15) is 4.79 Å². The average Bonchev–Trinajstić information content (AvgIpc) is 3.05. The van der Waals surface area contributed by atoms with Crippen molar-refractivity contribution in [3.8, 4) is 5.75 Å². The van der Waals surface area contributed by atoms with E-state index in [1.165, 1.54) is 0 Å². The molecule has 0 unspecified atom stereocenters. The van der Waals surface area contributed by atoms with E-state index in [0.717, 1.165) is 25.8 Å². The molecule has 0 spiro atoms. The first-order valence-electron chi connectivity index (χ1n) is 8.87. The minimum absolute atomic E-state index is 0.191. The van der Waals surface area contributed by atoms with Gasteiger partial charge in [-0.2, -0.15) is 0 Å². The van der Waals surface area contributed by atoms with E-state index >= 15 is 0 Å². The maximum Gasteiger partial charge on any atom is 0.282 e. The highest BCUT2D eigenvalue weighted by Crippen LogP contribution is 2.32. The summed E-state index contributed by atoms with van der Waals surface area (Å²) in [5, 5.41) is 0. The predicted octanol–water partition coefficient (Wildman–Crippen LogP) is 6.05. The van der Waals surface area contributed by atoms with Crippen molar-refractivity contribution in [2.75, 3.05) is 12.0 Å². The minimum Gasteiger partial charge on any atom is -0.496 e. The number of amidine groups is 1. The summed E-state index contributed by atoms with van der Waals surface area (Å²) < 4.78 is 7.22. The lowest BCUT2D eigenvalue weighted by molar-refractivity contribution is -0.113. The van der Waals surface area contributed by atoms with Crippen LogP contribution in [0, 0.1) is 0 Å². The Kier molecular flexibility index (Phi) is 5.65. The van der Waals surface area contributed by atoms with Crippen LogP contribution in [0.5, 0.6) is 5.75 Å². The van der Waals surface area contributed by atoms with Crippen LogP contribution in [0.15, 0.2) is 92.4 Å². The zero-order valence-electron chi connectivity index (χ0n) is 15.5. The van der Waals surface area contributed by atoms with E-state index in [4.69, 9.17) is 9.73 Å². The predicted molar refractivity (Wildman–Crippen MR) is 123 cm³/mol. The lowest BCUT2D eigenvalue weighted by Crippen LogP contribution is -2.32. The number of rotatable bonds is 4. The summed E-state index contributed by atoms with van der Waals surface area (Å²) in [4.78, 5) is 19.7. The van der Waals surface area contributed by atoms with Crippen molar-refractivity contribution in [3.05, 3.63) is 98.6 Å². The van der Waals surface area contributed by atoms with Crippen molar-refractivity contribution in [1.82, 2.24) is 0 Å². The zero-order valence-corrected chi connectivity index (χ0v) is 18.6. The van der Waals surface area contributed by atoms with Crippen LogP contribution < -0.4 is 9.64 Å². The monoisotopic (exact) mass is 510 g/mol. The van der Waals surface area contributed by atoms with E-state index in [0.29, 0.717) is 17.3 Å². The van der Waals surface area contributed by atoms with Gasteiger partial charge in [0.1, 0.15) is 17.3 Å². The first-order chi connectivity index (χ1) is 14.1. The van der Waals surface area contributed by atoms with Gasteiger partial charge in [-0.15, -0.1) is 0 Å². The fourth-order valence-electron chi connectivity index (χ4n) is 3.10. The SMILES string of the molecule is COc1ccccc1/C=C1/N=C(c2ccccc2Br)N(c2ccc(Br)cc2)C1=O. The molecule has 29 heavy (non-hydrogen) atoms. The number of amides is 1. The molecule has 1 aliphatic rings. The standard InChI is InChI=1S/C23H16Br2N2O2/c1-29-21-9-5-2-6-15(21)14-20-23(28)27(17-12-10-16(24)11-13-17)22(26-20)18-7-3-4-8-19(18)25/h2-14H,1H3/b20-14+. The molecule has 0 fully saturated rings.